The Morgan fingerprint density at radius 1 is 1.47 bits per heavy atom. The minimum atomic E-state index is 0.629. The van der Waals surface area contributed by atoms with Crippen LogP contribution in [-0.4, -0.2) is 17.8 Å². The van der Waals surface area contributed by atoms with Gasteiger partial charge in [-0.05, 0) is 40.9 Å². The molecule has 82 valence electrons. The number of hydrogen-bond acceptors (Lipinski definition) is 2. The fraction of sp³-hybridized carbons (Fsp3) is 0.500. The van der Waals surface area contributed by atoms with Gasteiger partial charge in [0.2, 0.25) is 0 Å². The Morgan fingerprint density at radius 2 is 2.20 bits per heavy atom. The van der Waals surface area contributed by atoms with Crippen LogP contribution in [0.2, 0.25) is 0 Å². The predicted octanol–water partition coefficient (Wildman–Crippen LogP) is 3.68. The Balaban J connectivity index is 1.81. The van der Waals surface area contributed by atoms with Gasteiger partial charge >= 0.3 is 0 Å². The normalized spacial score (nSPS) is 17.7. The lowest BCUT2D eigenvalue weighted by Gasteiger charge is -2.12. The number of benzene rings is 1. The van der Waals surface area contributed by atoms with Crippen LogP contribution in [0.25, 0.3) is 0 Å². The Morgan fingerprint density at radius 3 is 2.87 bits per heavy atom. The second kappa shape index (κ2) is 5.37. The van der Waals surface area contributed by atoms with E-state index < -0.39 is 0 Å². The molecule has 1 aliphatic carbocycles. The van der Waals surface area contributed by atoms with Gasteiger partial charge in [-0.1, -0.05) is 19.1 Å². The zero-order valence-electron chi connectivity index (χ0n) is 8.87. The van der Waals surface area contributed by atoms with Crippen molar-refractivity contribution in [1.82, 2.24) is 5.32 Å². The molecule has 2 rings (SSSR count). The van der Waals surface area contributed by atoms with Crippen LogP contribution in [0.1, 0.15) is 19.8 Å². The minimum absolute atomic E-state index is 0.629. The quantitative estimate of drug-likeness (QED) is 0.829. The van der Waals surface area contributed by atoms with Crippen LogP contribution in [-0.2, 0) is 0 Å². The Kier molecular flexibility index (Phi) is 4.12. The first-order chi connectivity index (χ1) is 7.25. The SMILES string of the molecule is CC(CNC1CC1)Sc1ccccc1Br. The summed E-state index contributed by atoms with van der Waals surface area (Å²) in [6.07, 6.45) is 2.73. The van der Waals surface area contributed by atoms with Crippen LogP contribution in [0.4, 0.5) is 0 Å². The van der Waals surface area contributed by atoms with Gasteiger partial charge in [-0.25, -0.2) is 0 Å². The minimum Gasteiger partial charge on any atom is -0.313 e. The lowest BCUT2D eigenvalue weighted by atomic mass is 10.4. The van der Waals surface area contributed by atoms with Crippen LogP contribution in [0, 0.1) is 0 Å². The van der Waals surface area contributed by atoms with Gasteiger partial charge in [-0.15, -0.1) is 11.8 Å². The van der Waals surface area contributed by atoms with E-state index in [1.807, 2.05) is 11.8 Å². The monoisotopic (exact) mass is 285 g/mol. The lowest BCUT2D eigenvalue weighted by Crippen LogP contribution is -2.24. The van der Waals surface area contributed by atoms with Gasteiger partial charge in [0.25, 0.3) is 0 Å². The van der Waals surface area contributed by atoms with E-state index in [4.69, 9.17) is 0 Å². The van der Waals surface area contributed by atoms with E-state index in [-0.39, 0.29) is 0 Å². The van der Waals surface area contributed by atoms with Crippen molar-refractivity contribution < 1.29 is 0 Å². The molecule has 1 saturated carbocycles. The maximum Gasteiger partial charge on any atom is 0.0311 e. The van der Waals surface area contributed by atoms with Gasteiger partial charge in [-0.2, -0.15) is 0 Å². The number of halogens is 1. The van der Waals surface area contributed by atoms with Crippen LogP contribution < -0.4 is 5.32 Å². The first kappa shape index (κ1) is 11.5. The molecule has 1 N–H and O–H groups in total. The van der Waals surface area contributed by atoms with Crippen LogP contribution in [0.5, 0.6) is 0 Å². The van der Waals surface area contributed by atoms with Crippen LogP contribution >= 0.6 is 27.7 Å². The molecule has 3 heteroatoms. The summed E-state index contributed by atoms with van der Waals surface area (Å²) >= 11 is 5.51. The summed E-state index contributed by atoms with van der Waals surface area (Å²) in [5.41, 5.74) is 0. The summed E-state index contributed by atoms with van der Waals surface area (Å²) in [7, 11) is 0. The predicted molar refractivity (Wildman–Crippen MR) is 70.5 cm³/mol. The summed E-state index contributed by atoms with van der Waals surface area (Å²) in [5.74, 6) is 0. The molecule has 1 atom stereocenters. The average Bonchev–Trinajstić information content (AvgIpc) is 3.02. The maximum atomic E-state index is 3.58. The number of nitrogens with one attached hydrogen (secondary N) is 1. The van der Waals surface area contributed by atoms with Gasteiger partial charge in [-0.3, -0.25) is 0 Å². The van der Waals surface area contributed by atoms with E-state index in [2.05, 4.69) is 52.4 Å². The van der Waals surface area contributed by atoms with Gasteiger partial charge in [0.05, 0.1) is 0 Å². The van der Waals surface area contributed by atoms with Crippen LogP contribution in [0.3, 0.4) is 0 Å². The molecular weight excluding hydrogens is 270 g/mol. The average molecular weight is 286 g/mol. The molecule has 0 saturated heterocycles. The number of thioether (sulfide) groups is 1. The summed E-state index contributed by atoms with van der Waals surface area (Å²) in [6, 6.07) is 9.23. The van der Waals surface area contributed by atoms with Crippen molar-refractivity contribution >= 4 is 27.7 Å². The molecule has 1 aromatic rings. The molecule has 1 aliphatic rings. The smallest absolute Gasteiger partial charge is 0.0311 e. The molecule has 15 heavy (non-hydrogen) atoms. The van der Waals surface area contributed by atoms with E-state index >= 15 is 0 Å². The Labute approximate surface area is 104 Å². The van der Waals surface area contributed by atoms with E-state index in [1.165, 1.54) is 22.2 Å². The number of rotatable bonds is 5. The lowest BCUT2D eigenvalue weighted by molar-refractivity contribution is 0.679. The van der Waals surface area contributed by atoms with E-state index in [1.54, 1.807) is 0 Å². The summed E-state index contributed by atoms with van der Waals surface area (Å²) < 4.78 is 1.20. The third-order valence-corrected chi connectivity index (χ3v) is 4.57. The summed E-state index contributed by atoms with van der Waals surface area (Å²) in [6.45, 7) is 3.39. The third-order valence-electron chi connectivity index (χ3n) is 2.44. The second-order valence-corrected chi connectivity index (χ2v) is 6.38. The zero-order valence-corrected chi connectivity index (χ0v) is 11.3. The first-order valence-electron chi connectivity index (χ1n) is 5.40. The molecule has 0 bridgehead atoms. The molecule has 0 aliphatic heterocycles. The largest absolute Gasteiger partial charge is 0.313 e. The van der Waals surface area contributed by atoms with Crippen molar-refractivity contribution in [3.05, 3.63) is 28.7 Å². The Hall–Kier alpha value is 0.01000. The van der Waals surface area contributed by atoms with Crippen molar-refractivity contribution in [2.75, 3.05) is 6.54 Å². The molecule has 0 spiro atoms. The highest BCUT2D eigenvalue weighted by Crippen LogP contribution is 2.30. The van der Waals surface area contributed by atoms with E-state index in [9.17, 15) is 0 Å². The van der Waals surface area contributed by atoms with Gasteiger partial charge in [0, 0.05) is 27.2 Å². The molecular formula is C12H16BrNS. The highest BCUT2D eigenvalue weighted by atomic mass is 79.9. The highest BCUT2D eigenvalue weighted by Gasteiger charge is 2.21. The van der Waals surface area contributed by atoms with Crippen LogP contribution in [0.15, 0.2) is 33.6 Å². The fourth-order valence-corrected chi connectivity index (χ4v) is 2.93. The zero-order chi connectivity index (χ0) is 10.7. The third kappa shape index (κ3) is 3.82. The maximum absolute atomic E-state index is 3.58. The van der Waals surface area contributed by atoms with E-state index in [0.29, 0.717) is 5.25 Å². The Bertz CT molecular complexity index is 325. The van der Waals surface area contributed by atoms with Gasteiger partial charge in [0.1, 0.15) is 0 Å². The molecule has 1 fully saturated rings. The molecule has 1 aromatic carbocycles. The molecule has 1 nitrogen and oxygen atoms in total. The van der Waals surface area contributed by atoms with Crippen molar-refractivity contribution in [2.24, 2.45) is 0 Å². The van der Waals surface area contributed by atoms with Gasteiger partial charge < -0.3 is 5.32 Å². The molecule has 0 aromatic heterocycles. The van der Waals surface area contributed by atoms with Gasteiger partial charge in [0.15, 0.2) is 0 Å². The first-order valence-corrected chi connectivity index (χ1v) is 7.07. The van der Waals surface area contributed by atoms with Crippen molar-refractivity contribution in [1.29, 1.82) is 0 Å². The van der Waals surface area contributed by atoms with E-state index in [0.717, 1.165) is 12.6 Å². The summed E-state index contributed by atoms with van der Waals surface area (Å²) in [5, 5.41) is 4.19. The standard InChI is InChI=1S/C12H16BrNS/c1-9(8-14-10-6-7-10)15-12-5-3-2-4-11(12)13/h2-5,9-10,14H,6-8H2,1H3. The molecule has 0 heterocycles. The molecule has 1 unspecified atom stereocenters. The topological polar surface area (TPSA) is 12.0 Å². The summed E-state index contributed by atoms with van der Waals surface area (Å²) in [4.78, 5) is 1.34. The van der Waals surface area contributed by atoms with Crippen molar-refractivity contribution in [3.8, 4) is 0 Å². The highest BCUT2D eigenvalue weighted by molar-refractivity contribution is 9.10. The molecule has 0 amide bonds. The number of hydrogen-bond donors (Lipinski definition) is 1. The fourth-order valence-electron chi connectivity index (χ4n) is 1.42. The molecule has 0 radical (unpaired) electrons. The van der Waals surface area contributed by atoms with Crippen molar-refractivity contribution in [2.45, 2.75) is 36.0 Å². The van der Waals surface area contributed by atoms with Crippen molar-refractivity contribution in [3.63, 3.8) is 0 Å². The second-order valence-electron chi connectivity index (χ2n) is 4.04.